The van der Waals surface area contributed by atoms with Crippen molar-refractivity contribution in [3.63, 3.8) is 0 Å². The Morgan fingerprint density at radius 3 is 1.32 bits per heavy atom. The predicted octanol–water partition coefficient (Wildman–Crippen LogP) is 4.17. The predicted molar refractivity (Wildman–Crippen MR) is 181 cm³/mol. The van der Waals surface area contributed by atoms with Gasteiger partial charge in [-0.1, -0.05) is 65.2 Å². The van der Waals surface area contributed by atoms with Crippen LogP contribution in [-0.2, 0) is 9.59 Å². The molecule has 0 heterocycles. The molecule has 254 valence electrons. The molecule has 1 aromatic carbocycles. The summed E-state index contributed by atoms with van der Waals surface area (Å²) in [4.78, 5) is 29.7. The first-order valence-corrected chi connectivity index (χ1v) is 17.2. The highest BCUT2D eigenvalue weighted by Gasteiger charge is 2.21. The molecule has 0 saturated carbocycles. The van der Waals surface area contributed by atoms with Crippen molar-refractivity contribution in [2.75, 3.05) is 52.5 Å². The van der Waals surface area contributed by atoms with E-state index in [0.29, 0.717) is 76.8 Å². The first kappa shape index (κ1) is 39.6. The first-order valence-electron chi connectivity index (χ1n) is 17.2. The lowest BCUT2D eigenvalue weighted by Crippen LogP contribution is -2.45. The van der Waals surface area contributed by atoms with Crippen LogP contribution in [0.3, 0.4) is 0 Å². The molecule has 0 radical (unpaired) electrons. The summed E-state index contributed by atoms with van der Waals surface area (Å²) in [5.41, 5.74) is 23.6. The van der Waals surface area contributed by atoms with E-state index in [4.69, 9.17) is 32.4 Å². The molecular formula is C34H64N6O4. The van der Waals surface area contributed by atoms with Crippen LogP contribution in [0.15, 0.2) is 24.3 Å². The zero-order valence-corrected chi connectivity index (χ0v) is 27.9. The maximum Gasteiger partial charge on any atom is 0.239 e. The highest BCUT2D eigenvalue weighted by atomic mass is 16.5. The van der Waals surface area contributed by atoms with Crippen molar-refractivity contribution in [2.45, 2.75) is 116 Å². The number of carbonyl (C=O) groups excluding carboxylic acids is 2. The van der Waals surface area contributed by atoms with Gasteiger partial charge < -0.3 is 42.2 Å². The van der Waals surface area contributed by atoms with Crippen LogP contribution < -0.4 is 32.4 Å². The van der Waals surface area contributed by atoms with Crippen molar-refractivity contribution in [1.29, 1.82) is 0 Å². The summed E-state index contributed by atoms with van der Waals surface area (Å²) in [6.45, 7) is 8.71. The van der Waals surface area contributed by atoms with Crippen molar-refractivity contribution < 1.29 is 19.1 Å². The Hall–Kier alpha value is -2.40. The van der Waals surface area contributed by atoms with Crippen molar-refractivity contribution in [2.24, 2.45) is 22.9 Å². The summed E-state index contributed by atoms with van der Waals surface area (Å²) in [5.74, 6) is 1.39. The van der Waals surface area contributed by atoms with E-state index >= 15 is 0 Å². The number of unbranched alkanes of at least 4 members (excludes halogenated alkanes) is 8. The zero-order valence-electron chi connectivity index (χ0n) is 27.9. The van der Waals surface area contributed by atoms with Crippen LogP contribution >= 0.6 is 0 Å². The Labute approximate surface area is 267 Å². The number of hydrogen-bond donors (Lipinski definition) is 4. The van der Waals surface area contributed by atoms with Crippen LogP contribution in [0.1, 0.15) is 104 Å². The van der Waals surface area contributed by atoms with Gasteiger partial charge in [0.15, 0.2) is 0 Å². The highest BCUT2D eigenvalue weighted by molar-refractivity contribution is 5.82. The maximum absolute atomic E-state index is 13.0. The second-order valence-corrected chi connectivity index (χ2v) is 11.7. The second-order valence-electron chi connectivity index (χ2n) is 11.7. The smallest absolute Gasteiger partial charge is 0.239 e. The average Bonchev–Trinajstić information content (AvgIpc) is 3.03. The van der Waals surface area contributed by atoms with Gasteiger partial charge in [-0.3, -0.25) is 9.59 Å². The summed E-state index contributed by atoms with van der Waals surface area (Å²) < 4.78 is 11.9. The topological polar surface area (TPSA) is 163 Å². The van der Waals surface area contributed by atoms with Crippen LogP contribution in [0.5, 0.6) is 11.5 Å². The van der Waals surface area contributed by atoms with Gasteiger partial charge in [0.1, 0.15) is 24.7 Å². The molecule has 0 saturated heterocycles. The molecule has 1 rings (SSSR count). The minimum atomic E-state index is -0.501. The van der Waals surface area contributed by atoms with Crippen LogP contribution in [-0.4, -0.2) is 86.2 Å². The number of carbonyl (C=O) groups is 2. The van der Waals surface area contributed by atoms with Crippen molar-refractivity contribution in [1.82, 2.24) is 9.80 Å². The summed E-state index contributed by atoms with van der Waals surface area (Å²) >= 11 is 0. The van der Waals surface area contributed by atoms with E-state index in [1.807, 2.05) is 34.1 Å². The van der Waals surface area contributed by atoms with E-state index in [1.54, 1.807) is 0 Å². The largest absolute Gasteiger partial charge is 0.492 e. The van der Waals surface area contributed by atoms with Gasteiger partial charge >= 0.3 is 0 Å². The fraction of sp³-hybridized carbons (Fsp3) is 0.765. The van der Waals surface area contributed by atoms with Gasteiger partial charge in [-0.2, -0.15) is 0 Å². The number of benzene rings is 1. The third kappa shape index (κ3) is 17.8. The molecule has 0 unspecified atom stereocenters. The van der Waals surface area contributed by atoms with E-state index < -0.39 is 12.1 Å². The van der Waals surface area contributed by atoms with E-state index in [2.05, 4.69) is 13.8 Å². The summed E-state index contributed by atoms with van der Waals surface area (Å²) in [7, 11) is 0. The van der Waals surface area contributed by atoms with Crippen LogP contribution in [0, 0.1) is 0 Å². The monoisotopic (exact) mass is 620 g/mol. The highest BCUT2D eigenvalue weighted by Crippen LogP contribution is 2.18. The number of hydrogen-bond acceptors (Lipinski definition) is 8. The molecule has 2 amide bonds. The molecule has 2 atom stereocenters. The number of amides is 2. The van der Waals surface area contributed by atoms with Crippen molar-refractivity contribution in [3.8, 4) is 11.5 Å². The van der Waals surface area contributed by atoms with Crippen LogP contribution in [0.4, 0.5) is 0 Å². The SMILES string of the molecule is CCCCCCN(CCOc1ccc(OCCN(CCCCCC)C(=O)[C@@H](N)CCCCN)cc1)C(=O)[C@@H](N)CCCCN. The lowest BCUT2D eigenvalue weighted by Gasteiger charge is -2.26. The van der Waals surface area contributed by atoms with E-state index in [9.17, 15) is 9.59 Å². The fourth-order valence-corrected chi connectivity index (χ4v) is 5.04. The number of ether oxygens (including phenoxy) is 2. The third-order valence-corrected chi connectivity index (χ3v) is 7.84. The van der Waals surface area contributed by atoms with Crippen LogP contribution in [0.2, 0.25) is 0 Å². The third-order valence-electron chi connectivity index (χ3n) is 7.84. The normalized spacial score (nSPS) is 12.5. The van der Waals surface area contributed by atoms with E-state index in [-0.39, 0.29) is 11.8 Å². The Morgan fingerprint density at radius 2 is 0.977 bits per heavy atom. The Balaban J connectivity index is 2.60. The van der Waals surface area contributed by atoms with Gasteiger partial charge in [0.05, 0.1) is 25.2 Å². The lowest BCUT2D eigenvalue weighted by atomic mass is 10.1. The number of rotatable bonds is 28. The van der Waals surface area contributed by atoms with Gasteiger partial charge in [-0.15, -0.1) is 0 Å². The molecule has 0 fully saturated rings. The minimum absolute atomic E-state index is 0.0136. The van der Waals surface area contributed by atoms with Crippen LogP contribution in [0.25, 0.3) is 0 Å². The standard InChI is InChI=1S/C34H64N6O4/c1-3-5-7-13-23-39(33(41)31(37)15-9-11-21-35)25-27-43-29-17-19-30(20-18-29)44-28-26-40(24-14-8-6-4-2)34(42)32(38)16-10-12-22-36/h17-20,31-32H,3-16,21-28,35-38H2,1-2H3/t31-,32-/m0/s1. The fourth-order valence-electron chi connectivity index (χ4n) is 5.04. The molecule has 8 N–H and O–H groups in total. The quantitative estimate of drug-likeness (QED) is 0.101. The zero-order chi connectivity index (χ0) is 32.4. The van der Waals surface area contributed by atoms with E-state index in [1.165, 1.54) is 0 Å². The van der Waals surface area contributed by atoms with Gasteiger partial charge in [-0.05, 0) is 75.9 Å². The molecule has 1 aromatic rings. The Morgan fingerprint density at radius 1 is 0.591 bits per heavy atom. The minimum Gasteiger partial charge on any atom is -0.492 e. The molecule has 0 bridgehead atoms. The average molecular weight is 621 g/mol. The molecular weight excluding hydrogens is 556 g/mol. The number of nitrogens with two attached hydrogens (primary N) is 4. The summed E-state index contributed by atoms with van der Waals surface area (Å²) in [6.07, 6.45) is 13.5. The molecule has 10 heteroatoms. The van der Waals surface area contributed by atoms with Crippen molar-refractivity contribution in [3.05, 3.63) is 24.3 Å². The first-order chi connectivity index (χ1) is 21.4. The lowest BCUT2D eigenvalue weighted by molar-refractivity contribution is -0.134. The Bertz CT molecular complexity index is 788. The van der Waals surface area contributed by atoms with Gasteiger partial charge in [-0.25, -0.2) is 0 Å². The van der Waals surface area contributed by atoms with Gasteiger partial charge in [0.2, 0.25) is 11.8 Å². The molecule has 10 nitrogen and oxygen atoms in total. The summed E-state index contributed by atoms with van der Waals surface area (Å²) in [5, 5.41) is 0. The Kier molecular flexibility index (Phi) is 23.3. The van der Waals surface area contributed by atoms with Gasteiger partial charge in [0.25, 0.3) is 0 Å². The molecule has 0 aromatic heterocycles. The summed E-state index contributed by atoms with van der Waals surface area (Å²) in [6, 6.07) is 6.45. The molecule has 0 aliphatic rings. The number of nitrogens with zero attached hydrogens (tertiary/aromatic N) is 2. The van der Waals surface area contributed by atoms with Crippen molar-refractivity contribution >= 4 is 11.8 Å². The molecule has 0 spiro atoms. The molecule has 0 aliphatic carbocycles. The van der Waals surface area contributed by atoms with Gasteiger partial charge in [0, 0.05) is 13.1 Å². The maximum atomic E-state index is 13.0. The molecule has 44 heavy (non-hydrogen) atoms. The molecule has 0 aliphatic heterocycles. The second kappa shape index (κ2) is 25.9. The van der Waals surface area contributed by atoms with E-state index in [0.717, 1.165) is 77.0 Å².